The van der Waals surface area contributed by atoms with Gasteiger partial charge in [0.1, 0.15) is 11.5 Å². The molecule has 0 aromatic heterocycles. The predicted molar refractivity (Wildman–Crippen MR) is 130 cm³/mol. The van der Waals surface area contributed by atoms with Crippen molar-refractivity contribution in [3.63, 3.8) is 0 Å². The van der Waals surface area contributed by atoms with Gasteiger partial charge in [0.15, 0.2) is 0 Å². The molecule has 0 saturated heterocycles. The maximum absolute atomic E-state index is 12.6. The molecule has 1 amide bonds. The van der Waals surface area contributed by atoms with Crippen LogP contribution in [0.15, 0.2) is 65.1 Å². The van der Waals surface area contributed by atoms with Gasteiger partial charge in [-0.2, -0.15) is 0 Å². The van der Waals surface area contributed by atoms with Gasteiger partial charge in [0.25, 0.3) is 5.69 Å². The summed E-state index contributed by atoms with van der Waals surface area (Å²) in [5.41, 5.74) is 3.18. The highest BCUT2D eigenvalue weighted by molar-refractivity contribution is 9.10. The number of fused-ring (bicyclic) bond motifs is 1. The van der Waals surface area contributed by atoms with Gasteiger partial charge in [-0.05, 0) is 36.4 Å². The van der Waals surface area contributed by atoms with Gasteiger partial charge >= 0.3 is 6.09 Å². The number of nitro groups is 1. The average molecular weight is 512 g/mol. The Kier molecular flexibility index (Phi) is 5.99. The van der Waals surface area contributed by atoms with Crippen LogP contribution in [-0.4, -0.2) is 24.7 Å². The van der Waals surface area contributed by atoms with Gasteiger partial charge in [-0.25, -0.2) is 4.79 Å². The molecule has 0 saturated carbocycles. The third-order valence-electron chi connectivity index (χ3n) is 5.50. The number of nitrogens with zero attached hydrogens (tertiary/aromatic N) is 2. The number of anilines is 3. The Hall–Kier alpha value is -3.59. The Morgan fingerprint density at radius 1 is 1.12 bits per heavy atom. The van der Waals surface area contributed by atoms with Crippen LogP contribution in [-0.2, 0) is 5.41 Å². The number of hydrogen-bond acceptors (Lipinski definition) is 6. The van der Waals surface area contributed by atoms with Crippen LogP contribution < -0.4 is 19.7 Å². The monoisotopic (exact) mass is 511 g/mol. The van der Waals surface area contributed by atoms with Crippen LogP contribution in [0.5, 0.6) is 11.5 Å². The first kappa shape index (κ1) is 22.6. The SMILES string of the molecule is COc1ccc(Br)c2c1N(c1ccccc1NC(=O)Oc1ccc([N+](=O)[O-])cc1)CC2(C)C. The number of para-hydroxylation sites is 2. The summed E-state index contributed by atoms with van der Waals surface area (Å²) in [5.74, 6) is 0.941. The van der Waals surface area contributed by atoms with Crippen LogP contribution in [0, 0.1) is 10.1 Å². The number of benzene rings is 3. The largest absolute Gasteiger partial charge is 0.495 e. The number of carbonyl (C=O) groups excluding carboxylic acids is 1. The van der Waals surface area contributed by atoms with E-state index in [1.165, 1.54) is 24.3 Å². The normalized spacial score (nSPS) is 13.9. The molecular formula is C24H22BrN3O5. The van der Waals surface area contributed by atoms with Crippen molar-refractivity contribution in [1.29, 1.82) is 0 Å². The summed E-state index contributed by atoms with van der Waals surface area (Å²) in [6.45, 7) is 5.00. The van der Waals surface area contributed by atoms with Crippen molar-refractivity contribution in [2.24, 2.45) is 0 Å². The molecule has 4 rings (SSSR count). The van der Waals surface area contributed by atoms with Crippen molar-refractivity contribution in [2.75, 3.05) is 23.9 Å². The molecule has 0 spiro atoms. The van der Waals surface area contributed by atoms with Gasteiger partial charge < -0.3 is 14.4 Å². The van der Waals surface area contributed by atoms with Crippen LogP contribution in [0.2, 0.25) is 0 Å². The molecule has 0 radical (unpaired) electrons. The standard InChI is InChI=1S/C24H22BrN3O5/c1-24(2)14-27(22-20(32-3)13-12-17(25)21(22)24)19-7-5-4-6-18(19)26-23(29)33-16-10-8-15(9-11-16)28(30)31/h4-13H,14H2,1-3H3,(H,26,29). The van der Waals surface area contributed by atoms with Crippen molar-refractivity contribution in [3.05, 3.63) is 80.8 Å². The molecule has 0 atom stereocenters. The number of rotatable bonds is 5. The lowest BCUT2D eigenvalue weighted by molar-refractivity contribution is -0.384. The van der Waals surface area contributed by atoms with Crippen molar-refractivity contribution >= 4 is 44.8 Å². The van der Waals surface area contributed by atoms with Crippen molar-refractivity contribution < 1.29 is 19.2 Å². The minimum Gasteiger partial charge on any atom is -0.495 e. The second-order valence-corrected chi connectivity index (χ2v) is 9.08. The number of ether oxygens (including phenoxy) is 2. The number of amides is 1. The first-order valence-corrected chi connectivity index (χ1v) is 11.0. The molecule has 170 valence electrons. The van der Waals surface area contributed by atoms with Crippen LogP contribution in [0.4, 0.5) is 27.5 Å². The highest BCUT2D eigenvalue weighted by atomic mass is 79.9. The van der Waals surface area contributed by atoms with E-state index in [0.29, 0.717) is 12.2 Å². The lowest BCUT2D eigenvalue weighted by atomic mass is 9.87. The summed E-state index contributed by atoms with van der Waals surface area (Å²) in [6.07, 6.45) is -0.698. The Morgan fingerprint density at radius 3 is 2.48 bits per heavy atom. The van der Waals surface area contributed by atoms with E-state index in [1.54, 1.807) is 13.2 Å². The molecule has 0 fully saturated rings. The molecule has 33 heavy (non-hydrogen) atoms. The second-order valence-electron chi connectivity index (χ2n) is 8.23. The number of carbonyl (C=O) groups is 1. The van der Waals surface area contributed by atoms with E-state index in [4.69, 9.17) is 9.47 Å². The zero-order valence-electron chi connectivity index (χ0n) is 18.3. The first-order valence-electron chi connectivity index (χ1n) is 10.2. The summed E-state index contributed by atoms with van der Waals surface area (Å²) >= 11 is 3.68. The lowest BCUT2D eigenvalue weighted by Crippen LogP contribution is -2.26. The van der Waals surface area contributed by atoms with Crippen molar-refractivity contribution in [1.82, 2.24) is 0 Å². The highest BCUT2D eigenvalue weighted by Gasteiger charge is 2.40. The zero-order chi connectivity index (χ0) is 23.8. The quantitative estimate of drug-likeness (QED) is 0.314. The van der Waals surface area contributed by atoms with Gasteiger partial charge in [0.2, 0.25) is 0 Å². The van der Waals surface area contributed by atoms with Crippen molar-refractivity contribution in [3.8, 4) is 11.5 Å². The molecule has 0 bridgehead atoms. The minimum atomic E-state index is -0.698. The Balaban J connectivity index is 1.64. The number of nitrogens with one attached hydrogen (secondary N) is 1. The number of hydrogen-bond donors (Lipinski definition) is 1. The van der Waals surface area contributed by atoms with Gasteiger partial charge in [0.05, 0.1) is 29.1 Å². The molecule has 1 N–H and O–H groups in total. The Bertz CT molecular complexity index is 1230. The summed E-state index contributed by atoms with van der Waals surface area (Å²) in [7, 11) is 1.64. The van der Waals surface area contributed by atoms with E-state index in [1.807, 2.05) is 30.3 Å². The molecule has 3 aromatic carbocycles. The Morgan fingerprint density at radius 2 is 1.82 bits per heavy atom. The van der Waals surface area contributed by atoms with E-state index < -0.39 is 11.0 Å². The minimum absolute atomic E-state index is 0.0801. The molecule has 1 aliphatic heterocycles. The predicted octanol–water partition coefficient (Wildman–Crippen LogP) is 6.41. The van der Waals surface area contributed by atoms with Gasteiger partial charge in [-0.15, -0.1) is 0 Å². The topological polar surface area (TPSA) is 93.9 Å². The van der Waals surface area contributed by atoms with Gasteiger partial charge in [0, 0.05) is 34.1 Å². The molecule has 0 unspecified atom stereocenters. The summed E-state index contributed by atoms with van der Waals surface area (Å²) < 4.78 is 12.0. The fraction of sp³-hybridized carbons (Fsp3) is 0.208. The molecule has 8 nitrogen and oxygen atoms in total. The fourth-order valence-corrected chi connectivity index (χ4v) is 4.93. The van der Waals surface area contributed by atoms with Crippen LogP contribution in [0.25, 0.3) is 0 Å². The maximum atomic E-state index is 12.6. The third kappa shape index (κ3) is 4.36. The average Bonchev–Trinajstić information content (AvgIpc) is 3.07. The number of nitro benzene ring substituents is 1. The van der Waals surface area contributed by atoms with E-state index in [2.05, 4.69) is 40.0 Å². The molecule has 9 heteroatoms. The number of methoxy groups -OCH3 is 1. The summed E-state index contributed by atoms with van der Waals surface area (Å²) in [4.78, 5) is 25.0. The van der Waals surface area contributed by atoms with E-state index >= 15 is 0 Å². The van der Waals surface area contributed by atoms with E-state index in [-0.39, 0.29) is 16.9 Å². The smallest absolute Gasteiger partial charge is 0.417 e. The lowest BCUT2D eigenvalue weighted by Gasteiger charge is -2.25. The molecule has 1 heterocycles. The van der Waals surface area contributed by atoms with E-state index in [0.717, 1.165) is 27.2 Å². The molecule has 3 aromatic rings. The summed E-state index contributed by atoms with van der Waals surface area (Å²) in [5, 5.41) is 13.6. The molecule has 0 aliphatic carbocycles. The third-order valence-corrected chi connectivity index (χ3v) is 6.16. The zero-order valence-corrected chi connectivity index (χ0v) is 19.9. The Labute approximate surface area is 199 Å². The second kappa shape index (κ2) is 8.74. The van der Waals surface area contributed by atoms with Crippen LogP contribution in [0.3, 0.4) is 0 Å². The van der Waals surface area contributed by atoms with Gasteiger partial charge in [-0.3, -0.25) is 15.4 Å². The van der Waals surface area contributed by atoms with Crippen LogP contribution >= 0.6 is 15.9 Å². The van der Waals surface area contributed by atoms with Gasteiger partial charge in [-0.1, -0.05) is 41.9 Å². The first-order chi connectivity index (χ1) is 15.7. The fourth-order valence-electron chi connectivity index (χ4n) is 4.08. The van der Waals surface area contributed by atoms with Crippen molar-refractivity contribution in [2.45, 2.75) is 19.3 Å². The molecular weight excluding hydrogens is 490 g/mol. The molecule has 1 aliphatic rings. The number of halogens is 1. The number of non-ortho nitro benzene ring substituents is 1. The summed E-state index contributed by atoms with van der Waals surface area (Å²) in [6, 6.07) is 16.7. The van der Waals surface area contributed by atoms with Crippen LogP contribution in [0.1, 0.15) is 19.4 Å². The highest BCUT2D eigenvalue weighted by Crippen LogP contribution is 2.53. The van der Waals surface area contributed by atoms with E-state index in [9.17, 15) is 14.9 Å². The maximum Gasteiger partial charge on any atom is 0.417 e.